The quantitative estimate of drug-likeness (QED) is 0.735. The van der Waals surface area contributed by atoms with Crippen molar-refractivity contribution in [3.05, 3.63) is 54.5 Å². The Kier molecular flexibility index (Phi) is 2.30. The van der Waals surface area contributed by atoms with Crippen molar-refractivity contribution in [3.8, 4) is 11.1 Å². The highest BCUT2D eigenvalue weighted by atomic mass is 16.1. The number of pyridine rings is 1. The molecule has 1 aromatic carbocycles. The Labute approximate surface area is 103 Å². The molecule has 0 atom stereocenters. The average molecular weight is 238 g/mol. The summed E-state index contributed by atoms with van der Waals surface area (Å²) in [5.41, 5.74) is 8.42. The van der Waals surface area contributed by atoms with Crippen LogP contribution in [0.1, 0.15) is 10.4 Å². The molecule has 1 amide bonds. The van der Waals surface area contributed by atoms with Crippen molar-refractivity contribution >= 4 is 11.6 Å². The number of nitrogens with zero attached hydrogens (tertiary/aromatic N) is 3. The fraction of sp³-hybridized carbons (Fsp3) is 0. The van der Waals surface area contributed by atoms with Crippen molar-refractivity contribution in [3.63, 3.8) is 0 Å². The average Bonchev–Trinajstić information content (AvgIpc) is 2.86. The SMILES string of the molecule is NC(=O)c1cccc(-c2ccn3cnnc3c2)c1. The number of carbonyl (C=O) groups excluding carboxylic acids is 1. The molecule has 5 heteroatoms. The summed E-state index contributed by atoms with van der Waals surface area (Å²) < 4.78 is 1.82. The van der Waals surface area contributed by atoms with Gasteiger partial charge in [0.2, 0.25) is 5.91 Å². The molecule has 0 saturated carbocycles. The number of amides is 1. The Balaban J connectivity index is 2.13. The second-order valence-electron chi connectivity index (χ2n) is 3.96. The fourth-order valence-electron chi connectivity index (χ4n) is 1.85. The molecule has 3 rings (SSSR count). The number of carbonyl (C=O) groups is 1. The minimum atomic E-state index is -0.430. The van der Waals surface area contributed by atoms with Crippen molar-refractivity contribution in [1.82, 2.24) is 14.6 Å². The van der Waals surface area contributed by atoms with Gasteiger partial charge in [0.15, 0.2) is 5.65 Å². The largest absolute Gasteiger partial charge is 0.366 e. The second-order valence-corrected chi connectivity index (χ2v) is 3.96. The number of hydrogen-bond donors (Lipinski definition) is 1. The second kappa shape index (κ2) is 3.96. The minimum absolute atomic E-state index is 0.430. The zero-order valence-electron chi connectivity index (χ0n) is 9.45. The maximum absolute atomic E-state index is 11.2. The highest BCUT2D eigenvalue weighted by Gasteiger charge is 2.04. The van der Waals surface area contributed by atoms with E-state index in [-0.39, 0.29) is 0 Å². The van der Waals surface area contributed by atoms with Crippen molar-refractivity contribution < 1.29 is 4.79 Å². The molecule has 0 aliphatic rings. The number of benzene rings is 1. The van der Waals surface area contributed by atoms with Gasteiger partial charge in [-0.15, -0.1) is 10.2 Å². The van der Waals surface area contributed by atoms with E-state index in [0.717, 1.165) is 16.8 Å². The molecule has 0 bridgehead atoms. The van der Waals surface area contributed by atoms with Crippen molar-refractivity contribution in [2.24, 2.45) is 5.73 Å². The highest BCUT2D eigenvalue weighted by molar-refractivity contribution is 5.94. The van der Waals surface area contributed by atoms with Crippen LogP contribution < -0.4 is 5.73 Å². The van der Waals surface area contributed by atoms with Crippen LogP contribution in [0.2, 0.25) is 0 Å². The summed E-state index contributed by atoms with van der Waals surface area (Å²) in [7, 11) is 0. The van der Waals surface area contributed by atoms with Gasteiger partial charge >= 0.3 is 0 Å². The molecule has 0 unspecified atom stereocenters. The first-order valence-electron chi connectivity index (χ1n) is 5.44. The number of aromatic nitrogens is 3. The van der Waals surface area contributed by atoms with Gasteiger partial charge in [-0.2, -0.15) is 0 Å². The lowest BCUT2D eigenvalue weighted by Crippen LogP contribution is -2.10. The van der Waals surface area contributed by atoms with Crippen molar-refractivity contribution in [2.45, 2.75) is 0 Å². The van der Waals surface area contributed by atoms with Crippen LogP contribution in [0, 0.1) is 0 Å². The molecule has 0 radical (unpaired) electrons. The number of rotatable bonds is 2. The van der Waals surface area contributed by atoms with Crippen molar-refractivity contribution in [1.29, 1.82) is 0 Å². The first-order chi connectivity index (χ1) is 8.74. The molecule has 3 aromatic rings. The van der Waals surface area contributed by atoms with Crippen LogP contribution in [0.25, 0.3) is 16.8 Å². The first kappa shape index (κ1) is 10.5. The summed E-state index contributed by atoms with van der Waals surface area (Å²) in [6, 6.07) is 11.0. The van der Waals surface area contributed by atoms with Gasteiger partial charge in [-0.25, -0.2) is 0 Å². The van der Waals surface area contributed by atoms with Gasteiger partial charge in [0, 0.05) is 11.8 Å². The molecule has 0 fully saturated rings. The van der Waals surface area contributed by atoms with Crippen LogP contribution in [0.15, 0.2) is 48.9 Å². The molecule has 0 aliphatic heterocycles. The summed E-state index contributed by atoms with van der Waals surface area (Å²) in [6.07, 6.45) is 3.51. The maximum atomic E-state index is 11.2. The van der Waals surface area contributed by atoms with E-state index in [1.165, 1.54) is 0 Å². The van der Waals surface area contributed by atoms with Gasteiger partial charge < -0.3 is 5.73 Å². The summed E-state index contributed by atoms with van der Waals surface area (Å²) in [6.45, 7) is 0. The molecule has 0 spiro atoms. The molecule has 2 N–H and O–H groups in total. The Morgan fingerprint density at radius 3 is 2.83 bits per heavy atom. The van der Waals surface area contributed by atoms with E-state index in [4.69, 9.17) is 5.73 Å². The molecule has 0 aliphatic carbocycles. The van der Waals surface area contributed by atoms with E-state index < -0.39 is 5.91 Å². The molecule has 2 aromatic heterocycles. The van der Waals surface area contributed by atoms with Gasteiger partial charge in [0.05, 0.1) is 0 Å². The Morgan fingerprint density at radius 2 is 2.00 bits per heavy atom. The summed E-state index contributed by atoms with van der Waals surface area (Å²) >= 11 is 0. The molecule has 2 heterocycles. The Morgan fingerprint density at radius 1 is 1.17 bits per heavy atom. The summed E-state index contributed by atoms with van der Waals surface area (Å²) in [5.74, 6) is -0.430. The third kappa shape index (κ3) is 1.71. The zero-order valence-corrected chi connectivity index (χ0v) is 9.45. The normalized spacial score (nSPS) is 10.7. The lowest BCUT2D eigenvalue weighted by Gasteiger charge is -2.03. The molecule has 5 nitrogen and oxygen atoms in total. The third-order valence-electron chi connectivity index (χ3n) is 2.78. The van der Waals surface area contributed by atoms with E-state index in [9.17, 15) is 4.79 Å². The van der Waals surface area contributed by atoms with Crippen LogP contribution in [-0.4, -0.2) is 20.5 Å². The summed E-state index contributed by atoms with van der Waals surface area (Å²) in [5, 5.41) is 7.80. The van der Waals surface area contributed by atoms with Crippen molar-refractivity contribution in [2.75, 3.05) is 0 Å². The molecular formula is C13H10N4O. The highest BCUT2D eigenvalue weighted by Crippen LogP contribution is 2.21. The van der Waals surface area contributed by atoms with E-state index in [2.05, 4.69) is 10.2 Å². The Hall–Kier alpha value is -2.69. The predicted molar refractivity (Wildman–Crippen MR) is 66.9 cm³/mol. The van der Waals surface area contributed by atoms with Crippen LogP contribution >= 0.6 is 0 Å². The monoisotopic (exact) mass is 238 g/mol. The Bertz CT molecular complexity index is 732. The van der Waals surface area contributed by atoms with Crippen LogP contribution in [0.5, 0.6) is 0 Å². The third-order valence-corrected chi connectivity index (χ3v) is 2.78. The van der Waals surface area contributed by atoms with E-state index in [0.29, 0.717) is 5.56 Å². The maximum Gasteiger partial charge on any atom is 0.248 e. The van der Waals surface area contributed by atoms with Gasteiger partial charge in [-0.3, -0.25) is 9.20 Å². The van der Waals surface area contributed by atoms with Crippen LogP contribution in [0.4, 0.5) is 0 Å². The molecular weight excluding hydrogens is 228 g/mol. The van der Waals surface area contributed by atoms with E-state index in [1.54, 1.807) is 18.5 Å². The van der Waals surface area contributed by atoms with Gasteiger partial charge in [-0.1, -0.05) is 12.1 Å². The minimum Gasteiger partial charge on any atom is -0.366 e. The molecule has 0 saturated heterocycles. The number of nitrogens with two attached hydrogens (primary N) is 1. The predicted octanol–water partition coefficient (Wildman–Crippen LogP) is 1.50. The van der Waals surface area contributed by atoms with Gasteiger partial charge in [-0.05, 0) is 35.4 Å². The van der Waals surface area contributed by atoms with E-state index >= 15 is 0 Å². The molecule has 18 heavy (non-hydrogen) atoms. The summed E-state index contributed by atoms with van der Waals surface area (Å²) in [4.78, 5) is 11.2. The molecule has 88 valence electrons. The standard InChI is InChI=1S/C13H10N4O/c14-13(18)11-3-1-2-9(6-11)10-4-5-17-8-15-16-12(17)7-10/h1-8H,(H2,14,18). The first-order valence-corrected chi connectivity index (χ1v) is 5.44. The van der Waals surface area contributed by atoms with Gasteiger partial charge in [0.25, 0.3) is 0 Å². The topological polar surface area (TPSA) is 73.3 Å². The van der Waals surface area contributed by atoms with Crippen LogP contribution in [-0.2, 0) is 0 Å². The van der Waals surface area contributed by atoms with Crippen LogP contribution in [0.3, 0.4) is 0 Å². The number of hydrogen-bond acceptors (Lipinski definition) is 3. The van der Waals surface area contributed by atoms with Gasteiger partial charge in [0.1, 0.15) is 6.33 Å². The lowest BCUT2D eigenvalue weighted by molar-refractivity contribution is 0.100. The zero-order chi connectivity index (χ0) is 12.5. The van der Waals surface area contributed by atoms with E-state index in [1.807, 2.05) is 34.9 Å². The number of fused-ring (bicyclic) bond motifs is 1. The number of primary amides is 1. The fourth-order valence-corrected chi connectivity index (χ4v) is 1.85. The smallest absolute Gasteiger partial charge is 0.248 e. The lowest BCUT2D eigenvalue weighted by atomic mass is 10.0.